The first-order valence-corrected chi connectivity index (χ1v) is 12.2. The summed E-state index contributed by atoms with van der Waals surface area (Å²) >= 11 is 2.32. The number of rotatable bonds is 8. The molecule has 1 amide bonds. The van der Waals surface area contributed by atoms with E-state index in [9.17, 15) is 4.79 Å². The fourth-order valence-corrected chi connectivity index (χ4v) is 4.85. The molecular formula is C26H34INO2. The zero-order valence-electron chi connectivity index (χ0n) is 18.4. The quantitative estimate of drug-likeness (QED) is 0.402. The number of hydrogen-bond acceptors (Lipinski definition) is 2. The highest BCUT2D eigenvalue weighted by molar-refractivity contribution is 14.1. The minimum Gasteiger partial charge on any atom is -0.497 e. The summed E-state index contributed by atoms with van der Waals surface area (Å²) in [6.45, 7) is 4.36. The average molecular weight is 519 g/mol. The van der Waals surface area contributed by atoms with E-state index in [4.69, 9.17) is 4.74 Å². The molecule has 1 aliphatic rings. The van der Waals surface area contributed by atoms with Gasteiger partial charge in [-0.15, -0.1) is 0 Å². The summed E-state index contributed by atoms with van der Waals surface area (Å²) in [6, 6.07) is 17.0. The number of halogens is 1. The van der Waals surface area contributed by atoms with Gasteiger partial charge in [0, 0.05) is 9.49 Å². The first-order chi connectivity index (χ1) is 14.5. The van der Waals surface area contributed by atoms with Crippen molar-refractivity contribution in [3.8, 4) is 5.75 Å². The van der Waals surface area contributed by atoms with Crippen LogP contribution in [0.4, 0.5) is 0 Å². The number of hydrogen-bond donors (Lipinski definition) is 1. The summed E-state index contributed by atoms with van der Waals surface area (Å²) in [7, 11) is 1.72. The molecule has 0 spiro atoms. The van der Waals surface area contributed by atoms with E-state index in [2.05, 4.69) is 84.2 Å². The van der Waals surface area contributed by atoms with E-state index >= 15 is 0 Å². The molecule has 1 atom stereocenters. The Labute approximate surface area is 195 Å². The molecule has 0 aliphatic heterocycles. The Hall–Kier alpha value is -1.56. The van der Waals surface area contributed by atoms with Crippen molar-refractivity contribution in [3.05, 3.63) is 63.2 Å². The standard InChI is InChI=1S/C26H34INO2/c1-18(2)25(21-13-15-23(27)16-14-21)28-26(29)22-11-9-19(10-12-22)7-8-20-5-4-6-24(17-20)30-3/h4-6,13-19,22,25H,7-12H2,1-3H3,(H,28,29)/t19?,22?,25-/m1/s1. The molecule has 1 fully saturated rings. The van der Waals surface area contributed by atoms with Crippen molar-refractivity contribution in [3.63, 3.8) is 0 Å². The summed E-state index contributed by atoms with van der Waals surface area (Å²) in [4.78, 5) is 13.0. The van der Waals surface area contributed by atoms with Gasteiger partial charge >= 0.3 is 0 Å². The molecule has 1 N–H and O–H groups in total. The van der Waals surface area contributed by atoms with Crippen molar-refractivity contribution in [2.45, 2.75) is 58.4 Å². The van der Waals surface area contributed by atoms with Gasteiger partial charge in [-0.2, -0.15) is 0 Å². The van der Waals surface area contributed by atoms with Gasteiger partial charge in [-0.05, 0) is 108 Å². The molecule has 1 saturated carbocycles. The van der Waals surface area contributed by atoms with Gasteiger partial charge in [-0.3, -0.25) is 4.79 Å². The molecule has 2 aromatic carbocycles. The molecule has 4 heteroatoms. The highest BCUT2D eigenvalue weighted by atomic mass is 127. The van der Waals surface area contributed by atoms with Gasteiger partial charge in [0.25, 0.3) is 0 Å². The number of carbonyl (C=O) groups excluding carboxylic acids is 1. The Bertz CT molecular complexity index is 810. The summed E-state index contributed by atoms with van der Waals surface area (Å²) in [6.07, 6.45) is 6.59. The topological polar surface area (TPSA) is 38.3 Å². The van der Waals surface area contributed by atoms with Crippen LogP contribution in [0.5, 0.6) is 5.75 Å². The number of nitrogens with one attached hydrogen (secondary N) is 1. The minimum atomic E-state index is 0.0836. The molecule has 0 saturated heterocycles. The largest absolute Gasteiger partial charge is 0.497 e. The summed E-state index contributed by atoms with van der Waals surface area (Å²) < 4.78 is 6.55. The fourth-order valence-electron chi connectivity index (χ4n) is 4.49. The van der Waals surface area contributed by atoms with Crippen LogP contribution in [-0.4, -0.2) is 13.0 Å². The molecular weight excluding hydrogens is 485 g/mol. The highest BCUT2D eigenvalue weighted by Crippen LogP contribution is 2.33. The van der Waals surface area contributed by atoms with E-state index in [1.165, 1.54) is 21.1 Å². The molecule has 0 aromatic heterocycles. The smallest absolute Gasteiger partial charge is 0.223 e. The Morgan fingerprint density at radius 3 is 2.43 bits per heavy atom. The summed E-state index contributed by atoms with van der Waals surface area (Å²) in [5.74, 6) is 2.41. The van der Waals surface area contributed by atoms with E-state index in [0.29, 0.717) is 5.92 Å². The van der Waals surface area contributed by atoms with Gasteiger partial charge in [0.05, 0.1) is 13.2 Å². The Morgan fingerprint density at radius 2 is 1.80 bits per heavy atom. The third-order valence-corrected chi connectivity index (χ3v) is 7.11. The van der Waals surface area contributed by atoms with Crippen LogP contribution in [0.15, 0.2) is 48.5 Å². The molecule has 3 rings (SSSR count). The molecule has 0 radical (unpaired) electrons. The molecule has 0 unspecified atom stereocenters. The molecule has 0 heterocycles. The highest BCUT2D eigenvalue weighted by Gasteiger charge is 2.28. The Balaban J connectivity index is 1.48. The number of methoxy groups -OCH3 is 1. The first kappa shape index (κ1) is 23.1. The van der Waals surface area contributed by atoms with Crippen molar-refractivity contribution >= 4 is 28.5 Å². The van der Waals surface area contributed by atoms with Gasteiger partial charge in [0.15, 0.2) is 0 Å². The zero-order valence-corrected chi connectivity index (χ0v) is 20.5. The van der Waals surface area contributed by atoms with Crippen LogP contribution in [0.25, 0.3) is 0 Å². The predicted molar refractivity (Wildman–Crippen MR) is 132 cm³/mol. The maximum atomic E-state index is 13.0. The van der Waals surface area contributed by atoms with Crippen LogP contribution in [-0.2, 0) is 11.2 Å². The van der Waals surface area contributed by atoms with E-state index in [0.717, 1.165) is 43.8 Å². The summed E-state index contributed by atoms with van der Waals surface area (Å²) in [5, 5.41) is 3.35. The van der Waals surface area contributed by atoms with Crippen molar-refractivity contribution in [2.24, 2.45) is 17.8 Å². The van der Waals surface area contributed by atoms with E-state index < -0.39 is 0 Å². The molecule has 2 aromatic rings. The molecule has 30 heavy (non-hydrogen) atoms. The average Bonchev–Trinajstić information content (AvgIpc) is 2.77. The lowest BCUT2D eigenvalue weighted by atomic mass is 9.79. The van der Waals surface area contributed by atoms with Crippen LogP contribution in [0.3, 0.4) is 0 Å². The summed E-state index contributed by atoms with van der Waals surface area (Å²) in [5.41, 5.74) is 2.54. The second kappa shape index (κ2) is 11.2. The maximum absolute atomic E-state index is 13.0. The number of ether oxygens (including phenoxy) is 1. The van der Waals surface area contributed by atoms with Gasteiger partial charge in [-0.1, -0.05) is 38.1 Å². The van der Waals surface area contributed by atoms with Crippen LogP contribution in [0, 0.1) is 21.3 Å². The minimum absolute atomic E-state index is 0.0836. The predicted octanol–water partition coefficient (Wildman–Crippen LogP) is 6.55. The number of aryl methyl sites for hydroxylation is 1. The lowest BCUT2D eigenvalue weighted by Crippen LogP contribution is -2.37. The number of benzene rings is 2. The monoisotopic (exact) mass is 519 g/mol. The van der Waals surface area contributed by atoms with Crippen molar-refractivity contribution in [1.29, 1.82) is 0 Å². The normalized spacial score (nSPS) is 20.0. The lowest BCUT2D eigenvalue weighted by Gasteiger charge is -2.30. The Kier molecular flexibility index (Phi) is 8.61. The maximum Gasteiger partial charge on any atom is 0.223 e. The zero-order chi connectivity index (χ0) is 21.5. The van der Waals surface area contributed by atoms with E-state index in [-0.39, 0.29) is 17.9 Å². The second-order valence-corrected chi connectivity index (χ2v) is 10.1. The molecule has 162 valence electrons. The van der Waals surface area contributed by atoms with Crippen molar-refractivity contribution in [2.75, 3.05) is 7.11 Å². The van der Waals surface area contributed by atoms with Gasteiger partial charge < -0.3 is 10.1 Å². The third kappa shape index (κ3) is 6.47. The Morgan fingerprint density at radius 1 is 1.10 bits per heavy atom. The molecule has 1 aliphatic carbocycles. The van der Waals surface area contributed by atoms with Crippen LogP contribution >= 0.6 is 22.6 Å². The van der Waals surface area contributed by atoms with Crippen LogP contribution in [0.1, 0.15) is 63.1 Å². The van der Waals surface area contributed by atoms with Gasteiger partial charge in [0.1, 0.15) is 5.75 Å². The van der Waals surface area contributed by atoms with Crippen LogP contribution in [0.2, 0.25) is 0 Å². The first-order valence-electron chi connectivity index (χ1n) is 11.1. The number of carbonyl (C=O) groups is 1. The second-order valence-electron chi connectivity index (χ2n) is 8.89. The van der Waals surface area contributed by atoms with Crippen LogP contribution < -0.4 is 10.1 Å². The van der Waals surface area contributed by atoms with E-state index in [1.54, 1.807) is 7.11 Å². The third-order valence-electron chi connectivity index (χ3n) is 6.39. The molecule has 0 bridgehead atoms. The van der Waals surface area contributed by atoms with Crippen molar-refractivity contribution in [1.82, 2.24) is 5.32 Å². The fraction of sp³-hybridized carbons (Fsp3) is 0.500. The number of amides is 1. The van der Waals surface area contributed by atoms with Crippen molar-refractivity contribution < 1.29 is 9.53 Å². The molecule has 3 nitrogen and oxygen atoms in total. The van der Waals surface area contributed by atoms with Gasteiger partial charge in [0.2, 0.25) is 5.91 Å². The van der Waals surface area contributed by atoms with E-state index in [1.807, 2.05) is 6.07 Å². The lowest BCUT2D eigenvalue weighted by molar-refractivity contribution is -0.127. The van der Waals surface area contributed by atoms with Gasteiger partial charge in [-0.25, -0.2) is 0 Å². The SMILES string of the molecule is COc1cccc(CCC2CCC(C(=O)N[C@@H](c3ccc(I)cc3)C(C)C)CC2)c1.